The first-order chi connectivity index (χ1) is 22.4. The molecule has 0 aliphatic carbocycles. The van der Waals surface area contributed by atoms with Crippen LogP contribution >= 0.6 is 11.3 Å². The van der Waals surface area contributed by atoms with Crippen molar-refractivity contribution >= 4 is 43.1 Å². The van der Waals surface area contributed by atoms with E-state index in [4.69, 9.17) is 15.0 Å². The number of ether oxygens (including phenoxy) is 1. The summed E-state index contributed by atoms with van der Waals surface area (Å²) in [6.07, 6.45) is -1.65. The number of benzene rings is 2. The average Bonchev–Trinajstić information content (AvgIpc) is 3.80. The molecule has 3 aromatic heterocycles. The number of thiophene rings is 1. The molecule has 2 saturated heterocycles. The number of halogens is 6. The van der Waals surface area contributed by atoms with Gasteiger partial charge in [-0.1, -0.05) is 11.2 Å². The van der Waals surface area contributed by atoms with Gasteiger partial charge in [0.15, 0.2) is 5.82 Å². The Morgan fingerprint density at radius 2 is 2.09 bits per heavy atom. The summed E-state index contributed by atoms with van der Waals surface area (Å²) in [7, 11) is 1.54. The third-order valence-electron chi connectivity index (χ3n) is 8.89. The molecule has 47 heavy (non-hydrogen) atoms. The fourth-order valence-corrected chi connectivity index (χ4v) is 7.79. The van der Waals surface area contributed by atoms with Crippen LogP contribution in [0.1, 0.15) is 36.0 Å². The Kier molecular flexibility index (Phi) is 7.43. The number of anilines is 2. The molecule has 5 heterocycles. The minimum atomic E-state index is -5.10. The number of fused-ring (bicyclic) bond motifs is 3. The molecular weight excluding hydrogens is 648 g/mol. The number of nitrogens with zero attached hydrogens (tertiary/aromatic N) is 6. The van der Waals surface area contributed by atoms with Gasteiger partial charge in [0, 0.05) is 48.5 Å². The summed E-state index contributed by atoms with van der Waals surface area (Å²) in [4.78, 5) is 12.1. The summed E-state index contributed by atoms with van der Waals surface area (Å²) >= 11 is 0.679. The normalized spacial score (nSPS) is 19.8. The maximum absolute atomic E-state index is 16.9. The number of nitrogen functional groups attached to an aromatic ring is 1. The second kappa shape index (κ2) is 11.3. The molecule has 244 valence electrons. The van der Waals surface area contributed by atoms with Crippen LogP contribution in [0.15, 0.2) is 35.2 Å². The van der Waals surface area contributed by atoms with Crippen LogP contribution in [0, 0.1) is 23.0 Å². The van der Waals surface area contributed by atoms with Crippen LogP contribution in [0.3, 0.4) is 0 Å². The number of rotatable bonds is 7. The third kappa shape index (κ3) is 5.17. The SMILES string of the molecule is CN(Cc1cnoc1)c1nc(OCC23CCCN2CC(F)C3)nc2c(F)c(-c3ccc(F)c4sc(N)c(C#N)c34)c(C(F)(F)F)cc12. The van der Waals surface area contributed by atoms with E-state index < -0.39 is 46.2 Å². The quantitative estimate of drug-likeness (QED) is 0.185. The monoisotopic (exact) mass is 673 g/mol. The lowest BCUT2D eigenvalue weighted by Gasteiger charge is -2.31. The van der Waals surface area contributed by atoms with Crippen LogP contribution in [0.25, 0.3) is 32.1 Å². The molecular formula is C31H25F6N7O2S. The van der Waals surface area contributed by atoms with E-state index in [9.17, 15) is 27.2 Å². The molecule has 9 nitrogen and oxygen atoms in total. The fraction of sp³-hybridized carbons (Fsp3) is 0.355. The molecule has 2 fully saturated rings. The van der Waals surface area contributed by atoms with Crippen molar-refractivity contribution in [3.63, 3.8) is 0 Å². The van der Waals surface area contributed by atoms with E-state index in [2.05, 4.69) is 15.1 Å². The van der Waals surface area contributed by atoms with Gasteiger partial charge in [0.25, 0.3) is 0 Å². The van der Waals surface area contributed by atoms with E-state index in [-0.39, 0.29) is 69.5 Å². The Hall–Kier alpha value is -4.62. The minimum absolute atomic E-state index is 0.0128. The van der Waals surface area contributed by atoms with E-state index in [1.165, 1.54) is 24.4 Å². The molecule has 2 aromatic carbocycles. The van der Waals surface area contributed by atoms with E-state index in [0.29, 0.717) is 29.9 Å². The smallest absolute Gasteiger partial charge is 0.417 e. The second-order valence-electron chi connectivity index (χ2n) is 11.8. The predicted octanol–water partition coefficient (Wildman–Crippen LogP) is 6.84. The molecule has 5 aromatic rings. The van der Waals surface area contributed by atoms with Gasteiger partial charge in [-0.3, -0.25) is 4.90 Å². The molecule has 2 aliphatic heterocycles. The molecule has 7 rings (SSSR count). The number of nitriles is 1. The molecule has 0 radical (unpaired) electrons. The standard InChI is InChI=1S/C31H25F6N7O2S/c1-43(11-15-10-40-46-13-15)28-18-7-20(31(35,36)37)23(17-3-4-21(33)26-22(17)19(9-38)27(39)47-26)24(34)25(18)41-29(42-28)45-14-30-5-2-6-44(30)12-16(32)8-30/h3-4,7,10,13,16H,2,5-6,8,11-12,14,39H2,1H3. The van der Waals surface area contributed by atoms with Crippen molar-refractivity contribution in [1.29, 1.82) is 5.26 Å². The van der Waals surface area contributed by atoms with Crippen LogP contribution in [0.2, 0.25) is 0 Å². The Labute approximate surface area is 267 Å². The van der Waals surface area contributed by atoms with Crippen molar-refractivity contribution in [2.24, 2.45) is 0 Å². The van der Waals surface area contributed by atoms with Crippen molar-refractivity contribution in [2.45, 2.75) is 43.7 Å². The van der Waals surface area contributed by atoms with E-state index in [1.54, 1.807) is 0 Å². The minimum Gasteiger partial charge on any atom is -0.461 e. The highest BCUT2D eigenvalue weighted by atomic mass is 32.1. The molecule has 2 aliphatic rings. The predicted molar refractivity (Wildman–Crippen MR) is 162 cm³/mol. The Morgan fingerprint density at radius 3 is 2.81 bits per heavy atom. The van der Waals surface area contributed by atoms with E-state index in [1.807, 2.05) is 11.0 Å². The zero-order valence-corrected chi connectivity index (χ0v) is 25.5. The second-order valence-corrected chi connectivity index (χ2v) is 12.9. The maximum atomic E-state index is 16.9. The third-order valence-corrected chi connectivity index (χ3v) is 9.92. The lowest BCUT2D eigenvalue weighted by molar-refractivity contribution is -0.137. The summed E-state index contributed by atoms with van der Waals surface area (Å²) in [5.74, 6) is -2.29. The van der Waals surface area contributed by atoms with E-state index in [0.717, 1.165) is 24.6 Å². The van der Waals surface area contributed by atoms with Crippen LogP contribution in [-0.4, -0.2) is 58.5 Å². The van der Waals surface area contributed by atoms with Gasteiger partial charge >= 0.3 is 12.2 Å². The molecule has 16 heteroatoms. The molecule has 0 spiro atoms. The average molecular weight is 674 g/mol. The number of alkyl halides is 4. The summed E-state index contributed by atoms with van der Waals surface area (Å²) < 4.78 is 101. The Morgan fingerprint density at radius 1 is 1.28 bits per heavy atom. The lowest BCUT2D eigenvalue weighted by atomic mass is 9.92. The van der Waals surface area contributed by atoms with Crippen LogP contribution < -0.4 is 15.4 Å². The Bertz CT molecular complexity index is 2060. The van der Waals surface area contributed by atoms with Crippen molar-refractivity contribution in [3.05, 3.63) is 59.0 Å². The first-order valence-electron chi connectivity index (χ1n) is 14.5. The van der Waals surface area contributed by atoms with Gasteiger partial charge in [0.2, 0.25) is 0 Å². The number of aromatic nitrogens is 3. The van der Waals surface area contributed by atoms with Gasteiger partial charge in [-0.05, 0) is 37.1 Å². The van der Waals surface area contributed by atoms with Gasteiger partial charge in [0.1, 0.15) is 47.3 Å². The van der Waals surface area contributed by atoms with Crippen LogP contribution in [0.5, 0.6) is 6.01 Å². The largest absolute Gasteiger partial charge is 0.461 e. The van der Waals surface area contributed by atoms with Gasteiger partial charge < -0.3 is 19.9 Å². The fourth-order valence-electron chi connectivity index (χ4n) is 6.84. The van der Waals surface area contributed by atoms with Crippen LogP contribution in [0.4, 0.5) is 37.2 Å². The molecule has 2 unspecified atom stereocenters. The molecule has 0 amide bonds. The highest BCUT2D eigenvalue weighted by molar-refractivity contribution is 7.23. The van der Waals surface area contributed by atoms with Crippen LogP contribution in [-0.2, 0) is 12.7 Å². The molecule has 2 N–H and O–H groups in total. The Balaban J connectivity index is 1.45. The highest BCUT2D eigenvalue weighted by Gasteiger charge is 2.49. The summed E-state index contributed by atoms with van der Waals surface area (Å²) in [6.45, 7) is 1.01. The van der Waals surface area contributed by atoms with Gasteiger partial charge in [0.05, 0.1) is 27.6 Å². The lowest BCUT2D eigenvalue weighted by Crippen LogP contribution is -2.43. The van der Waals surface area contributed by atoms with Gasteiger partial charge in [-0.25, -0.2) is 13.2 Å². The van der Waals surface area contributed by atoms with Crippen molar-refractivity contribution in [1.82, 2.24) is 20.0 Å². The number of hydrogen-bond acceptors (Lipinski definition) is 10. The zero-order valence-electron chi connectivity index (χ0n) is 24.7. The summed E-state index contributed by atoms with van der Waals surface area (Å²) in [5, 5.41) is 12.8. The first kappa shape index (κ1) is 31.0. The van der Waals surface area contributed by atoms with E-state index >= 15 is 4.39 Å². The zero-order chi connectivity index (χ0) is 33.2. The number of nitrogens with two attached hydrogens (primary N) is 1. The van der Waals surface area contributed by atoms with Crippen molar-refractivity contribution in [3.8, 4) is 23.2 Å². The highest BCUT2D eigenvalue weighted by Crippen LogP contribution is 2.48. The first-order valence-corrected chi connectivity index (χ1v) is 15.4. The van der Waals surface area contributed by atoms with Gasteiger partial charge in [-0.15, -0.1) is 11.3 Å². The maximum Gasteiger partial charge on any atom is 0.417 e. The summed E-state index contributed by atoms with van der Waals surface area (Å²) in [5.41, 5.74) is 2.41. The van der Waals surface area contributed by atoms with Crippen molar-refractivity contribution in [2.75, 3.05) is 37.4 Å². The number of hydrogen-bond donors (Lipinski definition) is 1. The molecule has 2 atom stereocenters. The van der Waals surface area contributed by atoms with Crippen molar-refractivity contribution < 1.29 is 35.6 Å². The molecule has 0 saturated carbocycles. The topological polar surface area (TPSA) is 117 Å². The summed E-state index contributed by atoms with van der Waals surface area (Å²) in [6, 6.07) is 4.11. The van der Waals surface area contributed by atoms with Gasteiger partial charge in [-0.2, -0.15) is 28.4 Å². The molecule has 0 bridgehead atoms.